The van der Waals surface area contributed by atoms with Crippen LogP contribution in [0.2, 0.25) is 0 Å². The molecule has 16 heavy (non-hydrogen) atoms. The second-order valence-corrected chi connectivity index (χ2v) is 4.36. The molecule has 1 atom stereocenters. The summed E-state index contributed by atoms with van der Waals surface area (Å²) < 4.78 is 6.95. The number of nitrogens with zero attached hydrogens (tertiary/aromatic N) is 3. The normalized spacial score (nSPS) is 13.3. The molecule has 5 heteroatoms. The Balaban J connectivity index is 2.43. The molecule has 1 aromatic heterocycles. The van der Waals surface area contributed by atoms with E-state index in [1.807, 2.05) is 10.9 Å². The van der Waals surface area contributed by atoms with Gasteiger partial charge in [-0.05, 0) is 13.3 Å². The van der Waals surface area contributed by atoms with Gasteiger partial charge in [0.2, 0.25) is 0 Å². The molecule has 92 valence electrons. The van der Waals surface area contributed by atoms with Crippen molar-refractivity contribution in [3.63, 3.8) is 0 Å². The summed E-state index contributed by atoms with van der Waals surface area (Å²) in [4.78, 5) is 0. The smallest absolute Gasteiger partial charge is 0.0965 e. The minimum absolute atomic E-state index is 0.334. The van der Waals surface area contributed by atoms with Crippen LogP contribution in [-0.4, -0.2) is 34.8 Å². The first-order valence-electron chi connectivity index (χ1n) is 5.76. The van der Waals surface area contributed by atoms with Gasteiger partial charge in [0.25, 0.3) is 0 Å². The highest BCUT2D eigenvalue weighted by atomic mass is 16.5. The van der Waals surface area contributed by atoms with E-state index >= 15 is 0 Å². The van der Waals surface area contributed by atoms with Crippen LogP contribution in [0.5, 0.6) is 0 Å². The number of hydrogen-bond acceptors (Lipinski definition) is 4. The Labute approximate surface area is 97.2 Å². The molecule has 1 unspecified atom stereocenters. The molecule has 0 aliphatic carbocycles. The number of hydrogen-bond donors (Lipinski definition) is 1. The van der Waals surface area contributed by atoms with E-state index in [0.717, 1.165) is 25.3 Å². The van der Waals surface area contributed by atoms with E-state index < -0.39 is 0 Å². The van der Waals surface area contributed by atoms with E-state index in [9.17, 15) is 0 Å². The number of aromatic nitrogens is 3. The number of nitrogens with one attached hydrogen (secondary N) is 1. The average molecular weight is 226 g/mol. The molecule has 0 aliphatic heterocycles. The van der Waals surface area contributed by atoms with Crippen molar-refractivity contribution < 1.29 is 4.74 Å². The highest BCUT2D eigenvalue weighted by Crippen LogP contribution is 2.09. The largest absolute Gasteiger partial charge is 0.385 e. The molecule has 0 saturated carbocycles. The zero-order valence-corrected chi connectivity index (χ0v) is 10.6. The quantitative estimate of drug-likeness (QED) is 0.763. The maximum absolute atomic E-state index is 5.05. The third-order valence-electron chi connectivity index (χ3n) is 2.44. The summed E-state index contributed by atoms with van der Waals surface area (Å²) in [5.74, 6) is 0. The van der Waals surface area contributed by atoms with Crippen LogP contribution < -0.4 is 5.32 Å². The van der Waals surface area contributed by atoms with E-state index in [1.165, 1.54) is 0 Å². The molecule has 1 rings (SSSR count). The van der Waals surface area contributed by atoms with Crippen LogP contribution in [0.1, 0.15) is 38.9 Å². The van der Waals surface area contributed by atoms with E-state index in [2.05, 4.69) is 36.4 Å². The molecule has 0 bridgehead atoms. The Morgan fingerprint density at radius 2 is 2.19 bits per heavy atom. The van der Waals surface area contributed by atoms with Crippen molar-refractivity contribution in [3.8, 4) is 0 Å². The maximum Gasteiger partial charge on any atom is 0.0965 e. The SMILES string of the molecule is COCCC(C)n1cc(CNC(C)C)nn1. The lowest BCUT2D eigenvalue weighted by molar-refractivity contribution is 0.178. The van der Waals surface area contributed by atoms with Crippen LogP contribution >= 0.6 is 0 Å². The Morgan fingerprint density at radius 1 is 1.44 bits per heavy atom. The van der Waals surface area contributed by atoms with Gasteiger partial charge in [0.1, 0.15) is 0 Å². The van der Waals surface area contributed by atoms with Crippen molar-refractivity contribution in [1.82, 2.24) is 20.3 Å². The Hall–Kier alpha value is -0.940. The lowest BCUT2D eigenvalue weighted by Gasteiger charge is -2.09. The second-order valence-electron chi connectivity index (χ2n) is 4.36. The Morgan fingerprint density at radius 3 is 2.81 bits per heavy atom. The summed E-state index contributed by atoms with van der Waals surface area (Å²) in [6.45, 7) is 7.87. The summed E-state index contributed by atoms with van der Waals surface area (Å²) >= 11 is 0. The minimum atomic E-state index is 0.334. The zero-order chi connectivity index (χ0) is 12.0. The second kappa shape index (κ2) is 6.60. The Bertz CT molecular complexity index is 298. The number of methoxy groups -OCH3 is 1. The molecular formula is C11H22N4O. The highest BCUT2D eigenvalue weighted by molar-refractivity contribution is 4.92. The van der Waals surface area contributed by atoms with Gasteiger partial charge in [-0.3, -0.25) is 0 Å². The third kappa shape index (κ3) is 4.28. The first-order valence-corrected chi connectivity index (χ1v) is 5.76. The molecule has 1 heterocycles. The van der Waals surface area contributed by atoms with E-state index in [-0.39, 0.29) is 0 Å². The Kier molecular flexibility index (Phi) is 5.42. The van der Waals surface area contributed by atoms with Gasteiger partial charge in [0, 0.05) is 26.3 Å². The highest BCUT2D eigenvalue weighted by Gasteiger charge is 2.07. The molecule has 0 aromatic carbocycles. The molecule has 0 aliphatic rings. The third-order valence-corrected chi connectivity index (χ3v) is 2.44. The molecule has 5 nitrogen and oxygen atoms in total. The molecule has 0 radical (unpaired) electrons. The van der Waals surface area contributed by atoms with Crippen molar-refractivity contribution in [3.05, 3.63) is 11.9 Å². The van der Waals surface area contributed by atoms with Gasteiger partial charge >= 0.3 is 0 Å². The van der Waals surface area contributed by atoms with Gasteiger partial charge < -0.3 is 10.1 Å². The maximum atomic E-state index is 5.05. The molecule has 1 aromatic rings. The predicted molar refractivity (Wildman–Crippen MR) is 63.2 cm³/mol. The van der Waals surface area contributed by atoms with Crippen molar-refractivity contribution in [2.24, 2.45) is 0 Å². The van der Waals surface area contributed by atoms with Crippen molar-refractivity contribution in [2.45, 2.75) is 45.8 Å². The van der Waals surface area contributed by atoms with Crippen LogP contribution in [0.15, 0.2) is 6.20 Å². The molecular weight excluding hydrogens is 204 g/mol. The van der Waals surface area contributed by atoms with Crippen LogP contribution in [0.3, 0.4) is 0 Å². The topological polar surface area (TPSA) is 52.0 Å². The molecule has 0 spiro atoms. The fourth-order valence-electron chi connectivity index (χ4n) is 1.34. The molecule has 0 fully saturated rings. The number of ether oxygens (including phenoxy) is 1. The summed E-state index contributed by atoms with van der Waals surface area (Å²) in [6.07, 6.45) is 2.95. The van der Waals surface area contributed by atoms with Gasteiger partial charge in [0.15, 0.2) is 0 Å². The molecule has 0 amide bonds. The van der Waals surface area contributed by atoms with Gasteiger partial charge in [-0.15, -0.1) is 5.10 Å². The first-order chi connectivity index (χ1) is 7.63. The van der Waals surface area contributed by atoms with Crippen LogP contribution in [0.25, 0.3) is 0 Å². The summed E-state index contributed by atoms with van der Waals surface area (Å²) in [6, 6.07) is 0.802. The summed E-state index contributed by atoms with van der Waals surface area (Å²) in [5, 5.41) is 11.6. The fourth-order valence-corrected chi connectivity index (χ4v) is 1.34. The van der Waals surface area contributed by atoms with Gasteiger partial charge in [-0.1, -0.05) is 19.1 Å². The average Bonchev–Trinajstić information content (AvgIpc) is 2.71. The first kappa shape index (κ1) is 13.1. The van der Waals surface area contributed by atoms with Crippen molar-refractivity contribution >= 4 is 0 Å². The monoisotopic (exact) mass is 226 g/mol. The lowest BCUT2D eigenvalue weighted by Crippen LogP contribution is -2.22. The van der Waals surface area contributed by atoms with Crippen LogP contribution in [0.4, 0.5) is 0 Å². The van der Waals surface area contributed by atoms with E-state index in [1.54, 1.807) is 7.11 Å². The van der Waals surface area contributed by atoms with E-state index in [0.29, 0.717) is 12.1 Å². The van der Waals surface area contributed by atoms with Crippen LogP contribution in [-0.2, 0) is 11.3 Å². The predicted octanol–water partition coefficient (Wildman–Crippen LogP) is 1.37. The summed E-state index contributed by atoms with van der Waals surface area (Å²) in [7, 11) is 1.71. The fraction of sp³-hybridized carbons (Fsp3) is 0.818. The van der Waals surface area contributed by atoms with E-state index in [4.69, 9.17) is 4.74 Å². The number of rotatable bonds is 7. The minimum Gasteiger partial charge on any atom is -0.385 e. The summed E-state index contributed by atoms with van der Waals surface area (Å²) in [5.41, 5.74) is 0.984. The molecule has 1 N–H and O–H groups in total. The van der Waals surface area contributed by atoms with Crippen molar-refractivity contribution in [2.75, 3.05) is 13.7 Å². The molecule has 0 saturated heterocycles. The van der Waals surface area contributed by atoms with Gasteiger partial charge in [-0.2, -0.15) is 0 Å². The van der Waals surface area contributed by atoms with Crippen molar-refractivity contribution in [1.29, 1.82) is 0 Å². The standard InChI is InChI=1S/C11H22N4O/c1-9(2)12-7-11-8-15(14-13-11)10(3)5-6-16-4/h8-10,12H,5-7H2,1-4H3. The lowest BCUT2D eigenvalue weighted by atomic mass is 10.2. The van der Waals surface area contributed by atoms with Gasteiger partial charge in [-0.25, -0.2) is 4.68 Å². The van der Waals surface area contributed by atoms with Crippen LogP contribution in [0, 0.1) is 0 Å². The zero-order valence-electron chi connectivity index (χ0n) is 10.6. The van der Waals surface area contributed by atoms with Gasteiger partial charge in [0.05, 0.1) is 17.9 Å².